The first kappa shape index (κ1) is 16.6. The van der Waals surface area contributed by atoms with Gasteiger partial charge < -0.3 is 14.9 Å². The van der Waals surface area contributed by atoms with E-state index in [4.69, 9.17) is 4.74 Å². The third-order valence-electron chi connectivity index (χ3n) is 5.06. The van der Waals surface area contributed by atoms with Gasteiger partial charge in [0.1, 0.15) is 12.5 Å². The van der Waals surface area contributed by atoms with Crippen molar-refractivity contribution in [3.63, 3.8) is 0 Å². The highest BCUT2D eigenvalue weighted by Crippen LogP contribution is 2.53. The van der Waals surface area contributed by atoms with E-state index in [0.717, 1.165) is 5.56 Å². The lowest BCUT2D eigenvalue weighted by Crippen LogP contribution is -2.56. The van der Waals surface area contributed by atoms with Crippen LogP contribution in [0, 0.1) is 5.92 Å². The molecule has 0 saturated carbocycles. The standard InChI is InChI=1S/C20H17NO5/c1-12-16(18(23)26-11-13-7-3-2-4-8-13)19(24)17(22)14-9-5-6-10-15(14)20(19,25)21-12/h2-10,16,24-25H,11H2,1H3/t16?,19-,20-/m0/s1. The number of hydrogen-bond donors (Lipinski definition) is 2. The quantitative estimate of drug-likeness (QED) is 0.819. The van der Waals surface area contributed by atoms with Crippen molar-refractivity contribution < 1.29 is 24.5 Å². The number of fused-ring (bicyclic) bond motifs is 3. The molecule has 0 amide bonds. The predicted molar refractivity (Wildman–Crippen MR) is 92.5 cm³/mol. The molecule has 4 rings (SSSR count). The van der Waals surface area contributed by atoms with Gasteiger partial charge in [0, 0.05) is 16.8 Å². The summed E-state index contributed by atoms with van der Waals surface area (Å²) in [5.41, 5.74) is -3.28. The van der Waals surface area contributed by atoms with E-state index in [-0.39, 0.29) is 23.4 Å². The van der Waals surface area contributed by atoms with E-state index in [0.29, 0.717) is 0 Å². The SMILES string of the molecule is CC1=N[C@]2(O)c3ccccc3C(=O)[C@@]2(O)C1C(=O)OCc1ccccc1. The molecule has 0 bridgehead atoms. The number of hydrogen-bond acceptors (Lipinski definition) is 6. The van der Waals surface area contributed by atoms with Crippen molar-refractivity contribution in [3.8, 4) is 0 Å². The number of nitrogens with zero attached hydrogens (tertiary/aromatic N) is 1. The molecule has 0 radical (unpaired) electrons. The van der Waals surface area contributed by atoms with Gasteiger partial charge in [-0.05, 0) is 12.5 Å². The number of benzene rings is 2. The van der Waals surface area contributed by atoms with Gasteiger partial charge in [-0.15, -0.1) is 0 Å². The van der Waals surface area contributed by atoms with E-state index in [1.54, 1.807) is 24.3 Å². The fraction of sp³-hybridized carbons (Fsp3) is 0.250. The largest absolute Gasteiger partial charge is 0.460 e. The van der Waals surface area contributed by atoms with Gasteiger partial charge in [-0.25, -0.2) is 0 Å². The summed E-state index contributed by atoms with van der Waals surface area (Å²) in [6.45, 7) is 1.50. The molecule has 2 N–H and O–H groups in total. The molecule has 2 aliphatic rings. The van der Waals surface area contributed by atoms with Gasteiger partial charge in [0.2, 0.25) is 11.5 Å². The molecule has 0 spiro atoms. The van der Waals surface area contributed by atoms with Crippen LogP contribution in [0.5, 0.6) is 0 Å². The molecule has 6 heteroatoms. The summed E-state index contributed by atoms with van der Waals surface area (Å²) >= 11 is 0. The zero-order valence-corrected chi connectivity index (χ0v) is 14.0. The zero-order chi connectivity index (χ0) is 18.5. The first-order valence-corrected chi connectivity index (χ1v) is 8.25. The molecular weight excluding hydrogens is 334 g/mol. The highest BCUT2D eigenvalue weighted by Gasteiger charge is 2.72. The van der Waals surface area contributed by atoms with Crippen molar-refractivity contribution >= 4 is 17.5 Å². The number of rotatable bonds is 3. The van der Waals surface area contributed by atoms with Crippen molar-refractivity contribution in [2.75, 3.05) is 0 Å². The molecule has 1 aliphatic heterocycles. The van der Waals surface area contributed by atoms with Crippen LogP contribution in [0.15, 0.2) is 59.6 Å². The Hall–Kier alpha value is -2.83. The van der Waals surface area contributed by atoms with Gasteiger partial charge in [0.25, 0.3) is 0 Å². The van der Waals surface area contributed by atoms with Crippen molar-refractivity contribution in [1.82, 2.24) is 0 Å². The predicted octanol–water partition coefficient (Wildman–Crippen LogP) is 1.59. The normalized spacial score (nSPS) is 29.1. The number of aliphatic imine (C=N–C) groups is 1. The number of carbonyl (C=O) groups is 2. The molecule has 0 saturated heterocycles. The molecule has 3 atom stereocenters. The topological polar surface area (TPSA) is 96.2 Å². The first-order chi connectivity index (χ1) is 12.4. The number of esters is 1. The van der Waals surface area contributed by atoms with Crippen LogP contribution < -0.4 is 0 Å². The minimum Gasteiger partial charge on any atom is -0.460 e. The van der Waals surface area contributed by atoms with Crippen LogP contribution in [0.25, 0.3) is 0 Å². The fourth-order valence-corrected chi connectivity index (χ4v) is 3.81. The average molecular weight is 351 g/mol. The third-order valence-corrected chi connectivity index (χ3v) is 5.06. The number of carbonyl (C=O) groups excluding carboxylic acids is 2. The lowest BCUT2D eigenvalue weighted by Gasteiger charge is -2.31. The van der Waals surface area contributed by atoms with E-state index in [1.807, 2.05) is 18.2 Å². The second kappa shape index (κ2) is 5.59. The van der Waals surface area contributed by atoms with Gasteiger partial charge in [0.05, 0.1) is 0 Å². The van der Waals surface area contributed by atoms with Crippen molar-refractivity contribution in [2.45, 2.75) is 24.9 Å². The molecule has 0 fully saturated rings. The zero-order valence-electron chi connectivity index (χ0n) is 14.0. The highest BCUT2D eigenvalue weighted by molar-refractivity contribution is 6.18. The van der Waals surface area contributed by atoms with Crippen molar-refractivity contribution in [2.24, 2.45) is 10.9 Å². The lowest BCUT2D eigenvalue weighted by molar-refractivity contribution is -0.166. The number of ketones is 1. The minimum absolute atomic E-state index is 0.000892. The molecule has 132 valence electrons. The minimum atomic E-state index is -2.39. The van der Waals surface area contributed by atoms with Gasteiger partial charge in [-0.3, -0.25) is 14.6 Å². The third kappa shape index (κ3) is 2.03. The van der Waals surface area contributed by atoms with Crippen LogP contribution in [0.2, 0.25) is 0 Å². The summed E-state index contributed by atoms with van der Waals surface area (Å²) < 4.78 is 5.30. The van der Waals surface area contributed by atoms with Crippen LogP contribution in [-0.2, 0) is 21.9 Å². The summed E-state index contributed by atoms with van der Waals surface area (Å²) in [7, 11) is 0. The van der Waals surface area contributed by atoms with Crippen LogP contribution >= 0.6 is 0 Å². The molecule has 1 heterocycles. The Morgan fingerprint density at radius 3 is 2.50 bits per heavy atom. The van der Waals surface area contributed by atoms with E-state index in [2.05, 4.69) is 4.99 Å². The molecule has 1 aliphatic carbocycles. The smallest absolute Gasteiger partial charge is 0.318 e. The highest BCUT2D eigenvalue weighted by atomic mass is 16.5. The molecule has 2 aromatic carbocycles. The second-order valence-electron chi connectivity index (χ2n) is 6.59. The molecule has 2 aromatic rings. The van der Waals surface area contributed by atoms with Crippen LogP contribution in [0.3, 0.4) is 0 Å². The van der Waals surface area contributed by atoms with E-state index in [9.17, 15) is 19.8 Å². The van der Waals surface area contributed by atoms with E-state index in [1.165, 1.54) is 19.1 Å². The number of aliphatic hydroxyl groups is 2. The molecule has 1 unspecified atom stereocenters. The summed E-state index contributed by atoms with van der Waals surface area (Å²) in [5.74, 6) is -2.89. The van der Waals surface area contributed by atoms with Crippen molar-refractivity contribution in [1.29, 1.82) is 0 Å². The Balaban J connectivity index is 1.68. The van der Waals surface area contributed by atoms with Crippen molar-refractivity contribution in [3.05, 3.63) is 71.3 Å². The Morgan fingerprint density at radius 1 is 1.12 bits per heavy atom. The number of ether oxygens (including phenoxy) is 1. The van der Waals surface area contributed by atoms with Crippen LogP contribution in [0.4, 0.5) is 0 Å². The monoisotopic (exact) mass is 351 g/mol. The lowest BCUT2D eigenvalue weighted by atomic mass is 9.79. The molecular formula is C20H17NO5. The summed E-state index contributed by atoms with van der Waals surface area (Å²) in [5, 5.41) is 22.2. The van der Waals surface area contributed by atoms with Gasteiger partial charge in [0.15, 0.2) is 5.60 Å². The van der Waals surface area contributed by atoms with Crippen LogP contribution in [0.1, 0.15) is 28.4 Å². The molecule has 26 heavy (non-hydrogen) atoms. The maximum absolute atomic E-state index is 12.8. The van der Waals surface area contributed by atoms with E-state index >= 15 is 0 Å². The van der Waals surface area contributed by atoms with E-state index < -0.39 is 29.0 Å². The Morgan fingerprint density at radius 2 is 1.77 bits per heavy atom. The Kier molecular flexibility index (Phi) is 3.57. The maximum atomic E-state index is 12.8. The van der Waals surface area contributed by atoms with Gasteiger partial charge in [-0.1, -0.05) is 54.6 Å². The fourth-order valence-electron chi connectivity index (χ4n) is 3.81. The van der Waals surface area contributed by atoms with Gasteiger partial charge >= 0.3 is 5.97 Å². The summed E-state index contributed by atoms with van der Waals surface area (Å²) in [4.78, 5) is 29.6. The van der Waals surface area contributed by atoms with Gasteiger partial charge in [-0.2, -0.15) is 0 Å². The average Bonchev–Trinajstić information content (AvgIpc) is 2.95. The number of Topliss-reactive ketones (excluding diaryl/α,β-unsaturated/α-hetero) is 1. The Labute approximate surface area is 149 Å². The summed E-state index contributed by atoms with van der Waals surface area (Å²) in [6, 6.07) is 15.4. The summed E-state index contributed by atoms with van der Waals surface area (Å²) in [6.07, 6.45) is 0. The van der Waals surface area contributed by atoms with Crippen LogP contribution in [-0.4, -0.2) is 33.3 Å². The second-order valence-corrected chi connectivity index (χ2v) is 6.59. The Bertz CT molecular complexity index is 938. The molecule has 6 nitrogen and oxygen atoms in total. The maximum Gasteiger partial charge on any atom is 0.318 e. The molecule has 0 aromatic heterocycles. The first-order valence-electron chi connectivity index (χ1n) is 8.25.